The summed E-state index contributed by atoms with van der Waals surface area (Å²) in [4.78, 5) is 5.53. The molecule has 0 saturated carbocycles. The van der Waals surface area contributed by atoms with Crippen molar-refractivity contribution >= 4 is 12.2 Å². The van der Waals surface area contributed by atoms with Gasteiger partial charge in [0.1, 0.15) is 0 Å². The zero-order valence-corrected chi connectivity index (χ0v) is 12.5. The number of nitrogens with zero attached hydrogens (tertiary/aromatic N) is 2. The number of imidazole rings is 1. The molecule has 1 N–H and O–H groups in total. The highest BCUT2D eigenvalue weighted by Gasteiger charge is 2.10. The van der Waals surface area contributed by atoms with E-state index in [0.29, 0.717) is 12.0 Å². The maximum Gasteiger partial charge on any atom is 0.177 e. The predicted octanol–water partition coefficient (Wildman–Crippen LogP) is 3.40. The van der Waals surface area contributed by atoms with Crippen molar-refractivity contribution in [2.45, 2.75) is 52.6 Å². The lowest BCUT2D eigenvalue weighted by Crippen LogP contribution is -2.31. The van der Waals surface area contributed by atoms with Gasteiger partial charge in [-0.2, -0.15) is 0 Å². The van der Waals surface area contributed by atoms with Crippen LogP contribution in [0.2, 0.25) is 0 Å². The number of likely N-dealkylation sites (N-methyl/N-ethyl adjacent to an activating group) is 1. The summed E-state index contributed by atoms with van der Waals surface area (Å²) < 4.78 is 3.06. The zero-order chi connectivity index (χ0) is 13.0. The monoisotopic (exact) mass is 255 g/mol. The first-order valence-electron chi connectivity index (χ1n) is 6.45. The van der Waals surface area contributed by atoms with E-state index in [-0.39, 0.29) is 0 Å². The van der Waals surface area contributed by atoms with Gasteiger partial charge < -0.3 is 14.5 Å². The summed E-state index contributed by atoms with van der Waals surface area (Å²) in [6.07, 6.45) is 3.22. The van der Waals surface area contributed by atoms with Gasteiger partial charge in [0.2, 0.25) is 0 Å². The van der Waals surface area contributed by atoms with Crippen molar-refractivity contribution in [1.82, 2.24) is 14.5 Å². The Morgan fingerprint density at radius 3 is 2.59 bits per heavy atom. The van der Waals surface area contributed by atoms with E-state index in [1.54, 1.807) is 0 Å². The highest BCUT2D eigenvalue weighted by Crippen LogP contribution is 2.14. The molecule has 0 saturated heterocycles. The van der Waals surface area contributed by atoms with E-state index in [1.165, 1.54) is 12.1 Å². The van der Waals surface area contributed by atoms with Gasteiger partial charge in [-0.3, -0.25) is 0 Å². The van der Waals surface area contributed by atoms with Gasteiger partial charge in [-0.25, -0.2) is 0 Å². The van der Waals surface area contributed by atoms with Crippen LogP contribution in [0.25, 0.3) is 0 Å². The fourth-order valence-corrected chi connectivity index (χ4v) is 2.16. The Bertz CT molecular complexity index is 392. The maximum atomic E-state index is 5.33. The molecule has 1 atom stereocenters. The van der Waals surface area contributed by atoms with Gasteiger partial charge in [0.25, 0.3) is 0 Å². The van der Waals surface area contributed by atoms with Crippen LogP contribution in [-0.4, -0.2) is 34.1 Å². The summed E-state index contributed by atoms with van der Waals surface area (Å²) >= 11 is 5.33. The van der Waals surface area contributed by atoms with Crippen molar-refractivity contribution in [3.8, 4) is 0 Å². The second kappa shape index (κ2) is 6.36. The van der Waals surface area contributed by atoms with E-state index >= 15 is 0 Å². The average molecular weight is 255 g/mol. The van der Waals surface area contributed by atoms with Gasteiger partial charge in [-0.05, 0) is 38.5 Å². The van der Waals surface area contributed by atoms with Crippen LogP contribution in [-0.2, 0) is 6.54 Å². The molecule has 0 radical (unpaired) electrons. The molecule has 0 aliphatic rings. The van der Waals surface area contributed by atoms with Crippen molar-refractivity contribution in [2.75, 3.05) is 13.6 Å². The van der Waals surface area contributed by atoms with Gasteiger partial charge in [0.15, 0.2) is 4.77 Å². The fourth-order valence-electron chi connectivity index (χ4n) is 1.91. The molecule has 1 unspecified atom stereocenters. The molecule has 4 heteroatoms. The van der Waals surface area contributed by atoms with Gasteiger partial charge >= 0.3 is 0 Å². The molecule has 0 aliphatic carbocycles. The first-order valence-corrected chi connectivity index (χ1v) is 6.86. The third kappa shape index (κ3) is 3.68. The summed E-state index contributed by atoms with van der Waals surface area (Å²) in [7, 11) is 2.18. The molecule has 98 valence electrons. The lowest BCUT2D eigenvalue weighted by Gasteiger charge is -2.24. The molecule has 1 aromatic rings. The number of aromatic amines is 1. The molecule has 0 fully saturated rings. The van der Waals surface area contributed by atoms with E-state index in [0.717, 1.165) is 17.9 Å². The lowest BCUT2D eigenvalue weighted by atomic mass is 10.1. The van der Waals surface area contributed by atoms with Crippen LogP contribution in [0, 0.1) is 4.77 Å². The highest BCUT2D eigenvalue weighted by molar-refractivity contribution is 7.71. The minimum absolute atomic E-state index is 0.511. The van der Waals surface area contributed by atoms with Crippen LogP contribution in [0.4, 0.5) is 0 Å². The van der Waals surface area contributed by atoms with E-state index < -0.39 is 0 Å². The number of hydrogen-bond donors (Lipinski definition) is 1. The molecule has 1 aromatic heterocycles. The first-order chi connectivity index (χ1) is 7.97. The van der Waals surface area contributed by atoms with Crippen molar-refractivity contribution in [3.05, 3.63) is 16.7 Å². The number of hydrogen-bond acceptors (Lipinski definition) is 2. The van der Waals surface area contributed by atoms with E-state index in [9.17, 15) is 0 Å². The molecule has 0 bridgehead atoms. The topological polar surface area (TPSA) is 24.0 Å². The van der Waals surface area contributed by atoms with Crippen LogP contribution < -0.4 is 0 Å². The van der Waals surface area contributed by atoms with Crippen LogP contribution in [0.1, 0.15) is 45.7 Å². The Balaban J connectivity index is 2.69. The van der Waals surface area contributed by atoms with E-state index in [2.05, 4.69) is 49.2 Å². The summed E-state index contributed by atoms with van der Waals surface area (Å²) in [5, 5.41) is 0. The molecule has 1 rings (SSSR count). The van der Waals surface area contributed by atoms with Crippen molar-refractivity contribution in [2.24, 2.45) is 0 Å². The smallest absolute Gasteiger partial charge is 0.177 e. The molecule has 0 spiro atoms. The van der Waals surface area contributed by atoms with Crippen molar-refractivity contribution in [1.29, 1.82) is 0 Å². The van der Waals surface area contributed by atoms with Gasteiger partial charge in [0.05, 0.1) is 0 Å². The Morgan fingerprint density at radius 1 is 1.41 bits per heavy atom. The van der Waals surface area contributed by atoms with Gasteiger partial charge in [-0.1, -0.05) is 20.8 Å². The Kier molecular flexibility index (Phi) is 5.40. The molecular formula is C13H25N3S. The number of rotatable bonds is 6. The minimum Gasteiger partial charge on any atom is -0.337 e. The third-order valence-electron chi connectivity index (χ3n) is 3.51. The van der Waals surface area contributed by atoms with Gasteiger partial charge in [0, 0.05) is 31.0 Å². The molecular weight excluding hydrogens is 230 g/mol. The lowest BCUT2D eigenvalue weighted by molar-refractivity contribution is 0.241. The summed E-state index contributed by atoms with van der Waals surface area (Å²) in [6.45, 7) is 10.9. The molecule has 17 heavy (non-hydrogen) atoms. The minimum atomic E-state index is 0.511. The zero-order valence-electron chi connectivity index (χ0n) is 11.7. The Morgan fingerprint density at radius 2 is 2.06 bits per heavy atom. The highest BCUT2D eigenvalue weighted by atomic mass is 32.1. The normalized spacial score (nSPS) is 13.6. The Hall–Kier alpha value is -0.610. The van der Waals surface area contributed by atoms with Crippen molar-refractivity contribution in [3.63, 3.8) is 0 Å². The fraction of sp³-hybridized carbons (Fsp3) is 0.769. The van der Waals surface area contributed by atoms with Gasteiger partial charge in [-0.15, -0.1) is 0 Å². The Labute approximate surface area is 110 Å². The molecule has 0 aliphatic heterocycles. The summed E-state index contributed by atoms with van der Waals surface area (Å²) in [5.74, 6) is 0.511. The number of nitrogens with one attached hydrogen (secondary N) is 1. The van der Waals surface area contributed by atoms with Crippen LogP contribution in [0.15, 0.2) is 6.20 Å². The standard InChI is InChI=1S/C13H25N3S/c1-6-11(4)15(5)7-8-16-12(10(2)3)9-14-13(16)17/h9-11H,6-8H2,1-5H3,(H,14,17). The van der Waals surface area contributed by atoms with Crippen LogP contribution in [0.3, 0.4) is 0 Å². The van der Waals surface area contributed by atoms with Crippen LogP contribution in [0.5, 0.6) is 0 Å². The van der Waals surface area contributed by atoms with E-state index in [4.69, 9.17) is 12.2 Å². The quantitative estimate of drug-likeness (QED) is 0.788. The SMILES string of the molecule is CCC(C)N(C)CCn1c(C(C)C)c[nH]c1=S. The second-order valence-electron chi connectivity index (χ2n) is 5.06. The molecule has 1 heterocycles. The first kappa shape index (κ1) is 14.5. The molecule has 3 nitrogen and oxygen atoms in total. The third-order valence-corrected chi connectivity index (χ3v) is 3.85. The maximum absolute atomic E-state index is 5.33. The average Bonchev–Trinajstić information content (AvgIpc) is 2.66. The second-order valence-corrected chi connectivity index (χ2v) is 5.45. The summed E-state index contributed by atoms with van der Waals surface area (Å²) in [6, 6.07) is 0.630. The predicted molar refractivity (Wildman–Crippen MR) is 76.1 cm³/mol. The largest absolute Gasteiger partial charge is 0.337 e. The van der Waals surface area contributed by atoms with Crippen LogP contribution >= 0.6 is 12.2 Å². The van der Waals surface area contributed by atoms with Crippen molar-refractivity contribution < 1.29 is 0 Å². The van der Waals surface area contributed by atoms with E-state index in [1.807, 2.05) is 6.20 Å². The number of H-pyrrole nitrogens is 1. The number of aromatic nitrogens is 2. The molecule has 0 amide bonds. The molecule has 0 aromatic carbocycles. The summed E-state index contributed by atoms with van der Waals surface area (Å²) in [5.41, 5.74) is 1.30.